The maximum absolute atomic E-state index is 13.8. The normalized spacial score (nSPS) is 20.3. The SMILES string of the molecule is CCN1CCCC(n2c(CCl)nc3cc(Cl)c(F)cc32)C1. The highest BCUT2D eigenvalue weighted by Gasteiger charge is 2.24. The lowest BCUT2D eigenvalue weighted by Crippen LogP contribution is -2.36. The third-order valence-electron chi connectivity index (χ3n) is 4.22. The molecule has 1 aliphatic heterocycles. The average molecular weight is 330 g/mol. The van der Waals surface area contributed by atoms with Crippen LogP contribution < -0.4 is 0 Å². The Morgan fingerprint density at radius 1 is 1.43 bits per heavy atom. The number of hydrogen-bond acceptors (Lipinski definition) is 2. The fourth-order valence-corrected chi connectivity index (χ4v) is 3.52. The molecule has 1 aromatic carbocycles. The van der Waals surface area contributed by atoms with Gasteiger partial charge in [0.2, 0.25) is 0 Å². The van der Waals surface area contributed by atoms with Gasteiger partial charge in [-0.05, 0) is 32.0 Å². The van der Waals surface area contributed by atoms with Crippen LogP contribution in [0.4, 0.5) is 4.39 Å². The first kappa shape index (κ1) is 15.1. The summed E-state index contributed by atoms with van der Waals surface area (Å²) in [7, 11) is 0. The number of alkyl halides is 1. The quantitative estimate of drug-likeness (QED) is 0.786. The van der Waals surface area contributed by atoms with Gasteiger partial charge in [0.05, 0.1) is 21.9 Å². The summed E-state index contributed by atoms with van der Waals surface area (Å²) >= 11 is 11.9. The van der Waals surface area contributed by atoms with Crippen molar-refractivity contribution in [2.75, 3.05) is 19.6 Å². The Balaban J connectivity index is 2.09. The Labute approximate surface area is 133 Å². The number of piperidine rings is 1. The first-order chi connectivity index (χ1) is 10.1. The van der Waals surface area contributed by atoms with E-state index in [9.17, 15) is 4.39 Å². The van der Waals surface area contributed by atoms with Gasteiger partial charge < -0.3 is 9.47 Å². The molecule has 1 unspecified atom stereocenters. The predicted molar refractivity (Wildman–Crippen MR) is 84.6 cm³/mol. The molecule has 6 heteroatoms. The summed E-state index contributed by atoms with van der Waals surface area (Å²) < 4.78 is 15.9. The minimum atomic E-state index is -0.408. The lowest BCUT2D eigenvalue weighted by Gasteiger charge is -2.33. The van der Waals surface area contributed by atoms with Gasteiger partial charge in [0.25, 0.3) is 0 Å². The Kier molecular flexibility index (Phi) is 4.38. The van der Waals surface area contributed by atoms with E-state index in [1.54, 1.807) is 6.07 Å². The van der Waals surface area contributed by atoms with Crippen LogP contribution in [-0.2, 0) is 5.88 Å². The molecule has 0 aliphatic carbocycles. The van der Waals surface area contributed by atoms with Crippen molar-refractivity contribution in [1.29, 1.82) is 0 Å². The summed E-state index contributed by atoms with van der Waals surface area (Å²) in [5.74, 6) is 0.696. The first-order valence-corrected chi connectivity index (χ1v) is 8.19. The molecule has 1 aliphatic rings. The van der Waals surface area contributed by atoms with Gasteiger partial charge in [-0.15, -0.1) is 11.6 Å². The van der Waals surface area contributed by atoms with E-state index in [0.717, 1.165) is 43.8 Å². The van der Waals surface area contributed by atoms with Crippen molar-refractivity contribution < 1.29 is 4.39 Å². The summed E-state index contributed by atoms with van der Waals surface area (Å²) in [4.78, 5) is 6.93. The van der Waals surface area contributed by atoms with Gasteiger partial charge in [-0.1, -0.05) is 18.5 Å². The number of imidazole rings is 1. The Morgan fingerprint density at radius 3 is 2.95 bits per heavy atom. The van der Waals surface area contributed by atoms with Crippen molar-refractivity contribution in [2.45, 2.75) is 31.7 Å². The van der Waals surface area contributed by atoms with Crippen molar-refractivity contribution in [1.82, 2.24) is 14.5 Å². The number of aromatic nitrogens is 2. The topological polar surface area (TPSA) is 21.1 Å². The molecule has 3 nitrogen and oxygen atoms in total. The molecule has 1 fully saturated rings. The van der Waals surface area contributed by atoms with Crippen LogP contribution in [0.1, 0.15) is 31.6 Å². The standard InChI is InChI=1S/C15H18Cl2FN3/c1-2-20-5-3-4-10(9-20)21-14-7-12(18)11(17)6-13(14)19-15(21)8-16/h6-7,10H,2-5,8-9H2,1H3. The Bertz CT molecular complexity index is 656. The summed E-state index contributed by atoms with van der Waals surface area (Å²) in [6, 6.07) is 3.35. The van der Waals surface area contributed by atoms with E-state index in [-0.39, 0.29) is 11.1 Å². The molecule has 1 aromatic heterocycles. The fourth-order valence-electron chi connectivity index (χ4n) is 3.17. The molecule has 0 spiro atoms. The molecule has 114 valence electrons. The molecule has 2 aromatic rings. The summed E-state index contributed by atoms with van der Waals surface area (Å²) in [5.41, 5.74) is 1.50. The monoisotopic (exact) mass is 329 g/mol. The Morgan fingerprint density at radius 2 is 2.24 bits per heavy atom. The second-order valence-electron chi connectivity index (χ2n) is 5.48. The predicted octanol–water partition coefficient (Wildman–Crippen LogP) is 4.22. The number of likely N-dealkylation sites (tertiary alicyclic amines) is 1. The van der Waals surface area contributed by atoms with Crippen LogP contribution in [0.15, 0.2) is 12.1 Å². The largest absolute Gasteiger partial charge is 0.322 e. The zero-order valence-corrected chi connectivity index (χ0v) is 13.5. The highest BCUT2D eigenvalue weighted by Crippen LogP contribution is 2.31. The molecule has 0 bridgehead atoms. The number of halogens is 3. The van der Waals surface area contributed by atoms with Crippen LogP contribution in [0.5, 0.6) is 0 Å². The van der Waals surface area contributed by atoms with Crippen LogP contribution in [0.2, 0.25) is 5.02 Å². The van der Waals surface area contributed by atoms with Crippen LogP contribution in [0.25, 0.3) is 11.0 Å². The molecule has 3 rings (SSSR count). The molecule has 1 atom stereocenters. The summed E-state index contributed by atoms with van der Waals surface area (Å²) in [6.07, 6.45) is 2.20. The second-order valence-corrected chi connectivity index (χ2v) is 6.15. The number of rotatable bonds is 3. The van der Waals surface area contributed by atoms with E-state index in [0.29, 0.717) is 11.4 Å². The molecular formula is C15H18Cl2FN3. The maximum atomic E-state index is 13.8. The Hall–Kier alpha value is -0.840. The summed E-state index contributed by atoms with van der Waals surface area (Å²) in [5, 5.41) is 0.104. The van der Waals surface area contributed by atoms with Gasteiger partial charge in [-0.25, -0.2) is 9.37 Å². The third kappa shape index (κ3) is 2.77. The second kappa shape index (κ2) is 6.11. The number of hydrogen-bond donors (Lipinski definition) is 0. The van der Waals surface area contributed by atoms with Crippen molar-refractivity contribution in [3.05, 3.63) is 28.8 Å². The van der Waals surface area contributed by atoms with Crippen LogP contribution >= 0.6 is 23.2 Å². The van der Waals surface area contributed by atoms with E-state index < -0.39 is 5.82 Å². The number of nitrogens with zero attached hydrogens (tertiary/aromatic N) is 3. The molecule has 21 heavy (non-hydrogen) atoms. The van der Waals surface area contributed by atoms with Gasteiger partial charge in [0, 0.05) is 18.7 Å². The van der Waals surface area contributed by atoms with E-state index in [1.165, 1.54) is 6.07 Å². The lowest BCUT2D eigenvalue weighted by molar-refractivity contribution is 0.186. The average Bonchev–Trinajstić information content (AvgIpc) is 2.85. The van der Waals surface area contributed by atoms with Crippen LogP contribution in [0, 0.1) is 5.82 Å². The van der Waals surface area contributed by atoms with Gasteiger partial charge in [0.15, 0.2) is 0 Å². The molecule has 1 saturated heterocycles. The van der Waals surface area contributed by atoms with Crippen molar-refractivity contribution >= 4 is 34.2 Å². The highest BCUT2D eigenvalue weighted by atomic mass is 35.5. The number of fused-ring (bicyclic) bond motifs is 1. The minimum absolute atomic E-state index is 0.104. The van der Waals surface area contributed by atoms with Gasteiger partial charge in [0.1, 0.15) is 11.6 Å². The smallest absolute Gasteiger partial charge is 0.144 e. The molecule has 0 N–H and O–H groups in total. The minimum Gasteiger partial charge on any atom is -0.322 e. The summed E-state index contributed by atoms with van der Waals surface area (Å²) in [6.45, 7) is 5.27. The van der Waals surface area contributed by atoms with Gasteiger partial charge in [-0.2, -0.15) is 0 Å². The van der Waals surface area contributed by atoms with Crippen LogP contribution in [-0.4, -0.2) is 34.1 Å². The molecule has 0 amide bonds. The third-order valence-corrected chi connectivity index (χ3v) is 4.75. The molecule has 0 saturated carbocycles. The van der Waals surface area contributed by atoms with Crippen molar-refractivity contribution in [3.8, 4) is 0 Å². The van der Waals surface area contributed by atoms with Crippen LogP contribution in [0.3, 0.4) is 0 Å². The van der Waals surface area contributed by atoms with Gasteiger partial charge in [-0.3, -0.25) is 0 Å². The van der Waals surface area contributed by atoms with E-state index in [2.05, 4.69) is 21.4 Å². The lowest BCUT2D eigenvalue weighted by atomic mass is 10.1. The first-order valence-electron chi connectivity index (χ1n) is 7.28. The molecular weight excluding hydrogens is 312 g/mol. The zero-order chi connectivity index (χ0) is 15.0. The van der Waals surface area contributed by atoms with Crippen molar-refractivity contribution in [2.24, 2.45) is 0 Å². The number of benzene rings is 1. The van der Waals surface area contributed by atoms with E-state index >= 15 is 0 Å². The fraction of sp³-hybridized carbons (Fsp3) is 0.533. The zero-order valence-electron chi connectivity index (χ0n) is 12.0. The highest BCUT2D eigenvalue weighted by molar-refractivity contribution is 6.31. The van der Waals surface area contributed by atoms with Gasteiger partial charge >= 0.3 is 0 Å². The molecule has 0 radical (unpaired) electrons. The molecule has 2 heterocycles. The maximum Gasteiger partial charge on any atom is 0.144 e. The van der Waals surface area contributed by atoms with Crippen molar-refractivity contribution in [3.63, 3.8) is 0 Å². The number of likely N-dealkylation sites (N-methyl/N-ethyl adjacent to an activating group) is 1. The van der Waals surface area contributed by atoms with E-state index in [4.69, 9.17) is 23.2 Å². The van der Waals surface area contributed by atoms with E-state index in [1.807, 2.05) is 0 Å².